The van der Waals surface area contributed by atoms with Crippen LogP contribution in [0.2, 0.25) is 0 Å². The number of benzene rings is 3. The number of ether oxygens (including phenoxy) is 2. The molecule has 2 heterocycles. The van der Waals surface area contributed by atoms with E-state index < -0.39 is 0 Å². The molecule has 0 saturated heterocycles. The lowest BCUT2D eigenvalue weighted by atomic mass is 9.91. The van der Waals surface area contributed by atoms with Crippen LogP contribution in [-0.4, -0.2) is 34.2 Å². The average molecular weight is 451 g/mol. The minimum absolute atomic E-state index is 0.0201. The van der Waals surface area contributed by atoms with E-state index in [4.69, 9.17) is 19.4 Å². The van der Waals surface area contributed by atoms with Crippen molar-refractivity contribution in [3.8, 4) is 23.0 Å². The second-order valence-corrected chi connectivity index (χ2v) is 8.24. The summed E-state index contributed by atoms with van der Waals surface area (Å²) in [5.74, 6) is 1.57. The van der Waals surface area contributed by atoms with Gasteiger partial charge in [-0.05, 0) is 42.2 Å². The maximum Gasteiger partial charge on any atom is 0.278 e. The van der Waals surface area contributed by atoms with Crippen molar-refractivity contribution >= 4 is 11.0 Å². The summed E-state index contributed by atoms with van der Waals surface area (Å²) in [6.07, 6.45) is 1.88. The average Bonchev–Trinajstić information content (AvgIpc) is 3.34. The largest absolute Gasteiger partial charge is 0.477 e. The Hall–Kier alpha value is -4.19. The molecule has 6 heteroatoms. The van der Waals surface area contributed by atoms with E-state index in [9.17, 15) is 0 Å². The van der Waals surface area contributed by atoms with Crippen molar-refractivity contribution in [2.45, 2.75) is 19.8 Å². The Morgan fingerprint density at radius 1 is 0.794 bits per heavy atom. The number of nitrogens with one attached hydrogen (secondary N) is 1. The summed E-state index contributed by atoms with van der Waals surface area (Å²) in [7, 11) is 3.13. The van der Waals surface area contributed by atoms with E-state index in [0.717, 1.165) is 39.2 Å². The SMILES string of the molecule is COc1nc2cc(C)c(C)c(-c3cnc(C(c4ccccc4)c4ccccc4)[nH]3)c2nc1OC. The summed E-state index contributed by atoms with van der Waals surface area (Å²) in [6.45, 7) is 4.17. The molecule has 0 saturated carbocycles. The molecule has 0 amide bonds. The number of hydrogen-bond donors (Lipinski definition) is 1. The molecule has 0 aliphatic carbocycles. The normalized spacial score (nSPS) is 11.2. The third-order valence-electron chi connectivity index (χ3n) is 6.21. The highest BCUT2D eigenvalue weighted by Crippen LogP contribution is 2.37. The molecule has 3 aromatic carbocycles. The minimum atomic E-state index is -0.0201. The van der Waals surface area contributed by atoms with Crippen LogP contribution in [0.1, 0.15) is 34.0 Å². The number of hydrogen-bond acceptors (Lipinski definition) is 5. The highest BCUT2D eigenvalue weighted by molar-refractivity contribution is 5.94. The Kier molecular flexibility index (Phi) is 5.72. The molecule has 1 N–H and O–H groups in total. The van der Waals surface area contributed by atoms with Gasteiger partial charge in [-0.2, -0.15) is 0 Å². The molecule has 6 nitrogen and oxygen atoms in total. The summed E-state index contributed by atoms with van der Waals surface area (Å²) in [5.41, 5.74) is 7.91. The highest BCUT2D eigenvalue weighted by atomic mass is 16.5. The van der Waals surface area contributed by atoms with Crippen molar-refractivity contribution in [2.75, 3.05) is 14.2 Å². The monoisotopic (exact) mass is 450 g/mol. The topological polar surface area (TPSA) is 72.9 Å². The van der Waals surface area contributed by atoms with Crippen molar-refractivity contribution in [1.82, 2.24) is 19.9 Å². The molecule has 5 aromatic rings. The fraction of sp³-hybridized carbons (Fsp3) is 0.179. The molecular formula is C28H26N4O2. The Bertz CT molecular complexity index is 1410. The van der Waals surface area contributed by atoms with E-state index >= 15 is 0 Å². The van der Waals surface area contributed by atoms with Crippen LogP contribution >= 0.6 is 0 Å². The van der Waals surface area contributed by atoms with Crippen LogP contribution < -0.4 is 9.47 Å². The first-order valence-corrected chi connectivity index (χ1v) is 11.2. The van der Waals surface area contributed by atoms with Gasteiger partial charge >= 0.3 is 0 Å². The summed E-state index contributed by atoms with van der Waals surface area (Å²) < 4.78 is 10.8. The fourth-order valence-corrected chi connectivity index (χ4v) is 4.39. The van der Waals surface area contributed by atoms with Crippen LogP contribution in [0.25, 0.3) is 22.3 Å². The van der Waals surface area contributed by atoms with Gasteiger partial charge in [-0.15, -0.1) is 0 Å². The van der Waals surface area contributed by atoms with E-state index in [1.165, 1.54) is 11.1 Å². The Morgan fingerprint density at radius 2 is 1.38 bits per heavy atom. The molecular weight excluding hydrogens is 424 g/mol. The standard InChI is InChI=1S/C28H26N4O2/c1-17-15-21-25(32-28(34-4)27(31-21)33-3)23(18(17)2)22-16-29-26(30-22)24(19-11-7-5-8-12-19)20-13-9-6-10-14-20/h5-16,24H,1-4H3,(H,29,30). The van der Waals surface area contributed by atoms with Crippen LogP contribution in [0, 0.1) is 13.8 Å². The van der Waals surface area contributed by atoms with Crippen molar-refractivity contribution in [3.63, 3.8) is 0 Å². The predicted octanol–water partition coefficient (Wildman–Crippen LogP) is 5.83. The summed E-state index contributed by atoms with van der Waals surface area (Å²) in [6, 6.07) is 22.9. The van der Waals surface area contributed by atoms with Crippen molar-refractivity contribution < 1.29 is 9.47 Å². The van der Waals surface area contributed by atoms with Gasteiger partial charge in [-0.3, -0.25) is 0 Å². The van der Waals surface area contributed by atoms with Gasteiger partial charge in [-0.1, -0.05) is 60.7 Å². The summed E-state index contributed by atoms with van der Waals surface area (Å²) in [4.78, 5) is 17.8. The molecule has 2 aromatic heterocycles. The first kappa shape index (κ1) is 21.6. The quantitative estimate of drug-likeness (QED) is 0.352. The summed E-state index contributed by atoms with van der Waals surface area (Å²) in [5, 5.41) is 0. The van der Waals surface area contributed by atoms with E-state index in [2.05, 4.69) is 72.3 Å². The molecule has 0 atom stereocenters. The van der Waals surface area contributed by atoms with E-state index in [0.29, 0.717) is 11.8 Å². The zero-order valence-electron chi connectivity index (χ0n) is 19.7. The molecule has 0 radical (unpaired) electrons. The second kappa shape index (κ2) is 8.98. The maximum atomic E-state index is 5.44. The maximum absolute atomic E-state index is 5.44. The molecule has 0 fully saturated rings. The summed E-state index contributed by atoms with van der Waals surface area (Å²) >= 11 is 0. The number of aryl methyl sites for hydroxylation is 1. The Balaban J connectivity index is 1.70. The Morgan fingerprint density at radius 3 is 1.97 bits per heavy atom. The Labute approximate surface area is 198 Å². The highest BCUT2D eigenvalue weighted by Gasteiger charge is 2.23. The number of methoxy groups -OCH3 is 2. The van der Waals surface area contributed by atoms with E-state index in [1.807, 2.05) is 24.4 Å². The molecule has 0 spiro atoms. The lowest BCUT2D eigenvalue weighted by molar-refractivity contribution is 0.334. The number of imidazole rings is 1. The van der Waals surface area contributed by atoms with Crippen molar-refractivity contribution in [3.05, 3.63) is 101 Å². The number of rotatable bonds is 6. The van der Waals surface area contributed by atoms with Gasteiger partial charge < -0.3 is 14.5 Å². The number of aromatic nitrogens is 4. The molecule has 0 aliphatic rings. The van der Waals surface area contributed by atoms with Gasteiger partial charge in [0.2, 0.25) is 0 Å². The zero-order chi connectivity index (χ0) is 23.7. The smallest absolute Gasteiger partial charge is 0.278 e. The lowest BCUT2D eigenvalue weighted by Gasteiger charge is -2.16. The van der Waals surface area contributed by atoms with E-state index in [-0.39, 0.29) is 5.92 Å². The van der Waals surface area contributed by atoms with Crippen LogP contribution in [0.3, 0.4) is 0 Å². The number of aromatic amines is 1. The van der Waals surface area contributed by atoms with Crippen LogP contribution in [0.5, 0.6) is 11.8 Å². The lowest BCUT2D eigenvalue weighted by Crippen LogP contribution is -2.05. The molecule has 34 heavy (non-hydrogen) atoms. The third-order valence-corrected chi connectivity index (χ3v) is 6.21. The van der Waals surface area contributed by atoms with Gasteiger partial charge in [0.25, 0.3) is 11.8 Å². The number of fused-ring (bicyclic) bond motifs is 1. The molecule has 0 bridgehead atoms. The number of H-pyrrole nitrogens is 1. The van der Waals surface area contributed by atoms with Crippen LogP contribution in [0.4, 0.5) is 0 Å². The van der Waals surface area contributed by atoms with Gasteiger partial charge in [0.15, 0.2) is 0 Å². The molecule has 0 aliphatic heterocycles. The van der Waals surface area contributed by atoms with Crippen LogP contribution in [0.15, 0.2) is 72.9 Å². The number of nitrogens with zero attached hydrogens (tertiary/aromatic N) is 3. The molecule has 0 unspecified atom stereocenters. The second-order valence-electron chi connectivity index (χ2n) is 8.24. The van der Waals surface area contributed by atoms with Gasteiger partial charge in [0.1, 0.15) is 11.3 Å². The molecule has 5 rings (SSSR count). The van der Waals surface area contributed by atoms with Gasteiger partial charge in [-0.25, -0.2) is 15.0 Å². The van der Waals surface area contributed by atoms with Crippen molar-refractivity contribution in [2.24, 2.45) is 0 Å². The van der Waals surface area contributed by atoms with Crippen molar-refractivity contribution in [1.29, 1.82) is 0 Å². The third kappa shape index (κ3) is 3.77. The van der Waals surface area contributed by atoms with E-state index in [1.54, 1.807) is 14.2 Å². The molecule has 170 valence electrons. The minimum Gasteiger partial charge on any atom is -0.477 e. The van der Waals surface area contributed by atoms with Gasteiger partial charge in [0.05, 0.1) is 37.5 Å². The fourth-order valence-electron chi connectivity index (χ4n) is 4.39. The predicted molar refractivity (Wildman–Crippen MR) is 134 cm³/mol. The first-order chi connectivity index (χ1) is 16.6. The first-order valence-electron chi connectivity index (χ1n) is 11.2. The zero-order valence-corrected chi connectivity index (χ0v) is 19.7. The van der Waals surface area contributed by atoms with Gasteiger partial charge in [0, 0.05) is 5.56 Å². The van der Waals surface area contributed by atoms with Crippen LogP contribution in [-0.2, 0) is 0 Å².